The number of amides is 1. The van der Waals surface area contributed by atoms with Crippen molar-refractivity contribution >= 4 is 16.9 Å². The van der Waals surface area contributed by atoms with Crippen molar-refractivity contribution in [1.29, 1.82) is 0 Å². The molecule has 0 saturated heterocycles. The van der Waals surface area contributed by atoms with E-state index in [1.165, 1.54) is 12.1 Å². The molecule has 0 saturated carbocycles. The maximum Gasteiger partial charge on any atom is 0.416 e. The van der Waals surface area contributed by atoms with Gasteiger partial charge in [0.05, 0.1) is 10.9 Å². The Balaban J connectivity index is 1.78. The SMILES string of the molecule is O=C(NCc1cccc(C(F)(F)F)c1)c1cc(=O)c2ccccc2o1. The van der Waals surface area contributed by atoms with E-state index >= 15 is 0 Å². The number of carbonyl (C=O) groups excluding carboxylic acids is 1. The Labute approximate surface area is 139 Å². The van der Waals surface area contributed by atoms with Gasteiger partial charge in [0.15, 0.2) is 11.2 Å². The van der Waals surface area contributed by atoms with Gasteiger partial charge in [-0.3, -0.25) is 9.59 Å². The molecule has 0 bridgehead atoms. The summed E-state index contributed by atoms with van der Waals surface area (Å²) in [4.78, 5) is 24.1. The number of para-hydroxylation sites is 1. The maximum atomic E-state index is 12.7. The predicted octanol–water partition coefficient (Wildman–Crippen LogP) is 3.74. The minimum absolute atomic E-state index is 0.126. The van der Waals surface area contributed by atoms with Crippen LogP contribution >= 0.6 is 0 Å². The number of halogens is 3. The van der Waals surface area contributed by atoms with Crippen molar-refractivity contribution in [2.45, 2.75) is 12.7 Å². The molecule has 2 aromatic carbocycles. The molecule has 0 radical (unpaired) electrons. The highest BCUT2D eigenvalue weighted by Gasteiger charge is 2.30. The third-order valence-corrected chi connectivity index (χ3v) is 3.57. The fraction of sp³-hybridized carbons (Fsp3) is 0.111. The molecule has 1 aromatic heterocycles. The van der Waals surface area contributed by atoms with Crippen LogP contribution in [0.1, 0.15) is 21.7 Å². The zero-order valence-corrected chi connectivity index (χ0v) is 12.8. The van der Waals surface area contributed by atoms with E-state index in [2.05, 4.69) is 5.32 Å². The average molecular weight is 347 g/mol. The smallest absolute Gasteiger partial charge is 0.416 e. The number of rotatable bonds is 3. The summed E-state index contributed by atoms with van der Waals surface area (Å²) < 4.78 is 43.4. The van der Waals surface area contributed by atoms with Crippen LogP contribution in [0.3, 0.4) is 0 Å². The molecule has 3 aromatic rings. The molecular formula is C18H12F3NO3. The molecule has 0 atom stereocenters. The lowest BCUT2D eigenvalue weighted by atomic mass is 10.1. The molecule has 128 valence electrons. The van der Waals surface area contributed by atoms with Crippen LogP contribution in [0.2, 0.25) is 0 Å². The van der Waals surface area contributed by atoms with Crippen molar-refractivity contribution in [2.24, 2.45) is 0 Å². The molecule has 0 aliphatic carbocycles. The van der Waals surface area contributed by atoms with Gasteiger partial charge in [0.25, 0.3) is 5.91 Å². The van der Waals surface area contributed by atoms with Crippen molar-refractivity contribution in [3.63, 3.8) is 0 Å². The predicted molar refractivity (Wildman–Crippen MR) is 85.1 cm³/mol. The van der Waals surface area contributed by atoms with Gasteiger partial charge in [-0.2, -0.15) is 13.2 Å². The van der Waals surface area contributed by atoms with Gasteiger partial charge in [0, 0.05) is 12.6 Å². The second-order valence-corrected chi connectivity index (χ2v) is 5.35. The fourth-order valence-electron chi connectivity index (χ4n) is 2.34. The number of hydrogen-bond acceptors (Lipinski definition) is 3. The summed E-state index contributed by atoms with van der Waals surface area (Å²) >= 11 is 0. The van der Waals surface area contributed by atoms with Crippen LogP contribution in [0, 0.1) is 0 Å². The third-order valence-electron chi connectivity index (χ3n) is 3.57. The largest absolute Gasteiger partial charge is 0.451 e. The second kappa shape index (κ2) is 6.43. The monoisotopic (exact) mass is 347 g/mol. The standard InChI is InChI=1S/C18H12F3NO3/c19-18(20,21)12-5-3-4-11(8-12)10-22-17(24)16-9-14(23)13-6-1-2-7-15(13)25-16/h1-9H,10H2,(H,22,24). The Hall–Kier alpha value is -3.09. The molecule has 0 aliphatic rings. The molecule has 0 fully saturated rings. The first-order valence-corrected chi connectivity index (χ1v) is 7.32. The highest BCUT2D eigenvalue weighted by Crippen LogP contribution is 2.29. The van der Waals surface area contributed by atoms with Crippen molar-refractivity contribution in [1.82, 2.24) is 5.32 Å². The van der Waals surface area contributed by atoms with E-state index < -0.39 is 17.6 Å². The molecule has 1 N–H and O–H groups in total. The molecular weight excluding hydrogens is 335 g/mol. The first kappa shape index (κ1) is 16.8. The number of carbonyl (C=O) groups is 1. The summed E-state index contributed by atoms with van der Waals surface area (Å²) in [6.07, 6.45) is -4.45. The van der Waals surface area contributed by atoms with Crippen molar-refractivity contribution in [2.75, 3.05) is 0 Å². The minimum Gasteiger partial charge on any atom is -0.451 e. The van der Waals surface area contributed by atoms with Gasteiger partial charge in [-0.1, -0.05) is 24.3 Å². The minimum atomic E-state index is -4.45. The van der Waals surface area contributed by atoms with Crippen LogP contribution in [0.4, 0.5) is 13.2 Å². The Bertz CT molecular complexity index is 993. The van der Waals surface area contributed by atoms with Crippen molar-refractivity contribution in [3.05, 3.63) is 81.7 Å². The Morgan fingerprint density at radius 1 is 1.04 bits per heavy atom. The molecule has 3 rings (SSSR count). The lowest BCUT2D eigenvalue weighted by Gasteiger charge is -2.09. The summed E-state index contributed by atoms with van der Waals surface area (Å²) in [5, 5.41) is 2.79. The Morgan fingerprint density at radius 3 is 2.56 bits per heavy atom. The van der Waals surface area contributed by atoms with Gasteiger partial charge in [-0.25, -0.2) is 0 Å². The van der Waals surface area contributed by atoms with E-state index in [1.807, 2.05) is 0 Å². The highest BCUT2D eigenvalue weighted by molar-refractivity contribution is 5.93. The van der Waals surface area contributed by atoms with Crippen LogP contribution in [0.5, 0.6) is 0 Å². The molecule has 25 heavy (non-hydrogen) atoms. The highest BCUT2D eigenvalue weighted by atomic mass is 19.4. The fourth-order valence-corrected chi connectivity index (χ4v) is 2.34. The third kappa shape index (κ3) is 3.71. The van der Waals surface area contributed by atoms with Gasteiger partial charge in [-0.15, -0.1) is 0 Å². The summed E-state index contributed by atoms with van der Waals surface area (Å²) in [7, 11) is 0. The van der Waals surface area contributed by atoms with E-state index in [0.717, 1.165) is 18.2 Å². The van der Waals surface area contributed by atoms with E-state index in [1.54, 1.807) is 24.3 Å². The average Bonchev–Trinajstić information content (AvgIpc) is 2.59. The zero-order chi connectivity index (χ0) is 18.0. The first-order valence-electron chi connectivity index (χ1n) is 7.32. The van der Waals surface area contributed by atoms with E-state index in [-0.39, 0.29) is 28.9 Å². The number of hydrogen-bond donors (Lipinski definition) is 1. The topological polar surface area (TPSA) is 59.3 Å². The maximum absolute atomic E-state index is 12.7. The molecule has 0 aliphatic heterocycles. The Morgan fingerprint density at radius 2 is 1.80 bits per heavy atom. The molecule has 0 unspecified atom stereocenters. The van der Waals surface area contributed by atoms with Gasteiger partial charge < -0.3 is 9.73 Å². The van der Waals surface area contributed by atoms with E-state index in [4.69, 9.17) is 4.42 Å². The summed E-state index contributed by atoms with van der Waals surface area (Å²) in [6, 6.07) is 12.2. The number of alkyl halides is 3. The zero-order valence-electron chi connectivity index (χ0n) is 12.8. The molecule has 1 heterocycles. The van der Waals surface area contributed by atoms with E-state index in [0.29, 0.717) is 5.39 Å². The summed E-state index contributed by atoms with van der Waals surface area (Å²) in [5.41, 5.74) is -0.618. The normalized spacial score (nSPS) is 11.5. The van der Waals surface area contributed by atoms with Gasteiger partial charge in [0.2, 0.25) is 0 Å². The summed E-state index contributed by atoms with van der Waals surface area (Å²) in [5.74, 6) is -0.879. The van der Waals surface area contributed by atoms with Gasteiger partial charge in [-0.05, 0) is 29.8 Å². The number of nitrogens with one attached hydrogen (secondary N) is 1. The summed E-state index contributed by atoms with van der Waals surface area (Å²) in [6.45, 7) is -0.126. The van der Waals surface area contributed by atoms with Crippen LogP contribution in [-0.4, -0.2) is 5.91 Å². The first-order chi connectivity index (χ1) is 11.8. The van der Waals surface area contributed by atoms with E-state index in [9.17, 15) is 22.8 Å². The van der Waals surface area contributed by atoms with Crippen molar-refractivity contribution < 1.29 is 22.4 Å². The van der Waals surface area contributed by atoms with Crippen LogP contribution in [-0.2, 0) is 12.7 Å². The van der Waals surface area contributed by atoms with Crippen LogP contribution in [0.15, 0.2) is 63.8 Å². The van der Waals surface area contributed by atoms with Crippen LogP contribution < -0.4 is 10.7 Å². The van der Waals surface area contributed by atoms with Crippen molar-refractivity contribution in [3.8, 4) is 0 Å². The quantitative estimate of drug-likeness (QED) is 0.785. The second-order valence-electron chi connectivity index (χ2n) is 5.35. The van der Waals surface area contributed by atoms with Gasteiger partial charge >= 0.3 is 6.18 Å². The molecule has 1 amide bonds. The molecule has 0 spiro atoms. The molecule has 4 nitrogen and oxygen atoms in total. The van der Waals surface area contributed by atoms with Crippen LogP contribution in [0.25, 0.3) is 11.0 Å². The molecule has 7 heteroatoms. The Kier molecular flexibility index (Phi) is 4.31. The lowest BCUT2D eigenvalue weighted by molar-refractivity contribution is -0.137. The lowest BCUT2D eigenvalue weighted by Crippen LogP contribution is -2.24. The van der Waals surface area contributed by atoms with Gasteiger partial charge in [0.1, 0.15) is 5.58 Å². The number of fused-ring (bicyclic) bond motifs is 1. The number of benzene rings is 2.